The van der Waals surface area contributed by atoms with E-state index in [1.165, 1.54) is 0 Å². The van der Waals surface area contributed by atoms with Crippen LogP contribution < -0.4 is 4.90 Å². The summed E-state index contributed by atoms with van der Waals surface area (Å²) in [6.07, 6.45) is 4.47. The van der Waals surface area contributed by atoms with Crippen molar-refractivity contribution in [3.63, 3.8) is 0 Å². The molecular weight excluding hydrogens is 306 g/mol. The lowest BCUT2D eigenvalue weighted by Crippen LogP contribution is -2.45. The second-order valence-corrected chi connectivity index (χ2v) is 8.42. The number of morpholine rings is 1. The summed E-state index contributed by atoms with van der Waals surface area (Å²) in [5, 5.41) is 7.13. The number of hydrogen-bond acceptors (Lipinski definition) is 7. The largest absolute Gasteiger partial charge is 0.394 e. The summed E-state index contributed by atoms with van der Waals surface area (Å²) in [5.74, 6) is 0. The van der Waals surface area contributed by atoms with Crippen molar-refractivity contribution in [1.29, 1.82) is 0 Å². The number of aromatic nitrogens is 2. The van der Waals surface area contributed by atoms with Crippen molar-refractivity contribution in [2.45, 2.75) is 68.6 Å². The molecule has 0 unspecified atom stereocenters. The average molecular weight is 329 g/mol. The van der Waals surface area contributed by atoms with Gasteiger partial charge in [-0.05, 0) is 26.7 Å². The summed E-state index contributed by atoms with van der Waals surface area (Å²) in [7, 11) is -3.51. The Balaban J connectivity index is 1.78. The fraction of sp³-hybridized carbons (Fsp3) is 0.857. The molecule has 1 saturated carbocycles. The Kier molecular flexibility index (Phi) is 4.40. The smallest absolute Gasteiger partial charge is 0.337 e. The Bertz CT molecular complexity index is 599. The Morgan fingerprint density at radius 3 is 2.32 bits per heavy atom. The van der Waals surface area contributed by atoms with Crippen LogP contribution in [0.5, 0.6) is 0 Å². The van der Waals surface area contributed by atoms with Crippen molar-refractivity contribution in [1.82, 2.24) is 10.2 Å². The molecule has 2 heterocycles. The highest BCUT2D eigenvalue weighted by Gasteiger charge is 2.35. The van der Waals surface area contributed by atoms with Gasteiger partial charge in [0.05, 0.1) is 17.5 Å². The first-order chi connectivity index (χ1) is 10.5. The molecule has 0 N–H and O–H groups in total. The molecule has 0 amide bonds. The molecule has 2 fully saturated rings. The van der Waals surface area contributed by atoms with Crippen molar-refractivity contribution in [2.24, 2.45) is 0 Å². The molecular formula is C14H23N3O4S. The lowest BCUT2D eigenvalue weighted by atomic mass is 10.0. The molecule has 0 spiro atoms. The third-order valence-corrected chi connectivity index (χ3v) is 6.32. The van der Waals surface area contributed by atoms with Crippen LogP contribution in [0.25, 0.3) is 0 Å². The third-order valence-electron chi connectivity index (χ3n) is 4.32. The van der Waals surface area contributed by atoms with Gasteiger partial charge in [-0.25, -0.2) is 8.42 Å². The average Bonchev–Trinajstić information content (AvgIpc) is 2.98. The maximum atomic E-state index is 12.6. The van der Waals surface area contributed by atoms with Crippen LogP contribution in [0.4, 0.5) is 6.01 Å². The molecule has 7 nitrogen and oxygen atoms in total. The van der Waals surface area contributed by atoms with E-state index in [1.807, 2.05) is 18.7 Å². The number of hydrogen-bond donors (Lipinski definition) is 0. The van der Waals surface area contributed by atoms with Gasteiger partial charge in [-0.3, -0.25) is 0 Å². The molecule has 3 rings (SSSR count). The van der Waals surface area contributed by atoms with Crippen LogP contribution in [-0.2, 0) is 14.6 Å². The predicted molar refractivity (Wildman–Crippen MR) is 80.6 cm³/mol. The molecule has 0 aromatic carbocycles. The van der Waals surface area contributed by atoms with Gasteiger partial charge in [0.25, 0.3) is 0 Å². The first-order valence-electron chi connectivity index (χ1n) is 7.94. The van der Waals surface area contributed by atoms with Crippen LogP contribution in [0.3, 0.4) is 0 Å². The van der Waals surface area contributed by atoms with E-state index in [4.69, 9.17) is 9.15 Å². The van der Waals surface area contributed by atoms with Crippen LogP contribution in [0, 0.1) is 0 Å². The molecule has 1 saturated heterocycles. The minimum absolute atomic E-state index is 0.0500. The van der Waals surface area contributed by atoms with Crippen molar-refractivity contribution in [3.8, 4) is 0 Å². The van der Waals surface area contributed by atoms with E-state index < -0.39 is 9.84 Å². The van der Waals surface area contributed by atoms with Gasteiger partial charge in [-0.2, -0.15) is 0 Å². The molecule has 22 heavy (non-hydrogen) atoms. The first-order valence-corrected chi connectivity index (χ1v) is 9.49. The van der Waals surface area contributed by atoms with Gasteiger partial charge in [-0.1, -0.05) is 29.5 Å². The van der Waals surface area contributed by atoms with Gasteiger partial charge >= 0.3 is 11.2 Å². The normalized spacial score (nSPS) is 28.0. The molecule has 1 aliphatic heterocycles. The zero-order chi connectivity index (χ0) is 15.7. The highest BCUT2D eigenvalue weighted by molar-refractivity contribution is 7.91. The SMILES string of the molecule is C[C@@H]1CN(c2nnc(S(=O)(=O)C3CCCCC3)o2)C[C@H](C)O1. The van der Waals surface area contributed by atoms with Crippen LogP contribution >= 0.6 is 0 Å². The monoisotopic (exact) mass is 329 g/mol. The van der Waals surface area contributed by atoms with E-state index in [1.54, 1.807) is 0 Å². The Hall–Kier alpha value is -1.15. The van der Waals surface area contributed by atoms with Gasteiger partial charge in [0.1, 0.15) is 0 Å². The summed E-state index contributed by atoms with van der Waals surface area (Å²) in [5.41, 5.74) is 0. The zero-order valence-electron chi connectivity index (χ0n) is 13.1. The van der Waals surface area contributed by atoms with Crippen LogP contribution in [0.2, 0.25) is 0 Å². The number of nitrogens with zero attached hydrogens (tertiary/aromatic N) is 3. The van der Waals surface area contributed by atoms with Gasteiger partial charge in [0, 0.05) is 13.1 Å². The van der Waals surface area contributed by atoms with E-state index in [9.17, 15) is 8.42 Å². The Morgan fingerprint density at radius 1 is 1.05 bits per heavy atom. The Labute approximate surface area is 130 Å². The molecule has 2 atom stereocenters. The van der Waals surface area contributed by atoms with E-state index in [0.717, 1.165) is 19.3 Å². The third kappa shape index (κ3) is 3.12. The fourth-order valence-electron chi connectivity index (χ4n) is 3.30. The fourth-order valence-corrected chi connectivity index (χ4v) is 4.88. The highest BCUT2D eigenvalue weighted by atomic mass is 32.2. The maximum absolute atomic E-state index is 12.6. The molecule has 0 radical (unpaired) electrons. The number of anilines is 1. The van der Waals surface area contributed by atoms with Crippen molar-refractivity contribution >= 4 is 15.9 Å². The molecule has 8 heteroatoms. The lowest BCUT2D eigenvalue weighted by molar-refractivity contribution is -0.00686. The summed E-state index contributed by atoms with van der Waals surface area (Å²) in [6, 6.07) is 0.274. The molecule has 1 aliphatic carbocycles. The summed E-state index contributed by atoms with van der Waals surface area (Å²) >= 11 is 0. The zero-order valence-corrected chi connectivity index (χ0v) is 13.9. The topological polar surface area (TPSA) is 85.5 Å². The van der Waals surface area contributed by atoms with E-state index in [0.29, 0.717) is 25.9 Å². The van der Waals surface area contributed by atoms with Crippen LogP contribution in [-0.4, -0.2) is 49.2 Å². The molecule has 2 aliphatic rings. The van der Waals surface area contributed by atoms with Gasteiger partial charge in [0.2, 0.25) is 9.84 Å². The van der Waals surface area contributed by atoms with Crippen molar-refractivity contribution in [3.05, 3.63) is 0 Å². The minimum Gasteiger partial charge on any atom is -0.394 e. The molecule has 1 aromatic rings. The maximum Gasteiger partial charge on any atom is 0.337 e. The quantitative estimate of drug-likeness (QED) is 0.835. The summed E-state index contributed by atoms with van der Waals surface area (Å²) < 4.78 is 36.3. The number of ether oxygens (including phenoxy) is 1. The summed E-state index contributed by atoms with van der Waals surface area (Å²) in [4.78, 5) is 1.89. The number of rotatable bonds is 3. The van der Waals surface area contributed by atoms with E-state index >= 15 is 0 Å². The van der Waals surface area contributed by atoms with Gasteiger partial charge in [0.15, 0.2) is 0 Å². The van der Waals surface area contributed by atoms with Crippen molar-refractivity contribution < 1.29 is 17.6 Å². The highest BCUT2D eigenvalue weighted by Crippen LogP contribution is 2.29. The van der Waals surface area contributed by atoms with Gasteiger partial charge in [-0.15, -0.1) is 0 Å². The molecule has 0 bridgehead atoms. The Morgan fingerprint density at radius 2 is 1.68 bits per heavy atom. The first kappa shape index (κ1) is 15.7. The van der Waals surface area contributed by atoms with Crippen LogP contribution in [0.1, 0.15) is 46.0 Å². The number of sulfone groups is 1. The second kappa shape index (κ2) is 6.16. The summed E-state index contributed by atoms with van der Waals surface area (Å²) in [6.45, 7) is 5.18. The molecule has 124 valence electrons. The van der Waals surface area contributed by atoms with E-state index in [2.05, 4.69) is 10.2 Å². The molecule has 1 aromatic heterocycles. The lowest BCUT2D eigenvalue weighted by Gasteiger charge is -2.33. The predicted octanol–water partition coefficient (Wildman–Crippen LogP) is 1.79. The van der Waals surface area contributed by atoms with Gasteiger partial charge < -0.3 is 14.1 Å². The van der Waals surface area contributed by atoms with E-state index in [-0.39, 0.29) is 28.7 Å². The van der Waals surface area contributed by atoms with Crippen molar-refractivity contribution in [2.75, 3.05) is 18.0 Å². The second-order valence-electron chi connectivity index (χ2n) is 6.32. The van der Waals surface area contributed by atoms with Crippen LogP contribution in [0.15, 0.2) is 9.64 Å². The minimum atomic E-state index is -3.51. The standard InChI is InChI=1S/C14H23N3O4S/c1-10-8-17(9-11(2)20-10)13-15-16-14(21-13)22(18,19)12-6-4-3-5-7-12/h10-12H,3-9H2,1-2H3/t10-,11+.